The number of nitro groups is 1. The number of hydrogen-bond donors (Lipinski definition) is 1. The second-order valence-electron chi connectivity index (χ2n) is 4.96. The lowest BCUT2D eigenvalue weighted by atomic mass is 9.88. The summed E-state index contributed by atoms with van der Waals surface area (Å²) in [4.78, 5) is 14.5. The number of thioether (sulfide) groups is 1. The molecule has 19 heavy (non-hydrogen) atoms. The summed E-state index contributed by atoms with van der Waals surface area (Å²) < 4.78 is 0.255. The lowest BCUT2D eigenvalue weighted by Crippen LogP contribution is -2.35. The number of hydrogen-bond acceptors (Lipinski definition) is 5. The maximum atomic E-state index is 10.7. The fourth-order valence-electron chi connectivity index (χ4n) is 2.53. The molecule has 2 rings (SSSR count). The molecule has 5 nitrogen and oxygen atoms in total. The Bertz CT molecular complexity index is 447. The number of anilines is 1. The first-order valence-electron chi connectivity index (χ1n) is 6.55. The molecule has 104 valence electrons. The summed E-state index contributed by atoms with van der Waals surface area (Å²) in [6, 6.07) is 2.91. The van der Waals surface area contributed by atoms with E-state index in [9.17, 15) is 10.1 Å². The van der Waals surface area contributed by atoms with Gasteiger partial charge in [0.15, 0.2) is 0 Å². The Kier molecular flexibility index (Phi) is 4.63. The van der Waals surface area contributed by atoms with Gasteiger partial charge in [-0.15, -0.1) is 0 Å². The second-order valence-corrected chi connectivity index (χ2v) is 6.23. The van der Waals surface area contributed by atoms with Crippen LogP contribution in [-0.4, -0.2) is 27.5 Å². The van der Waals surface area contributed by atoms with E-state index >= 15 is 0 Å². The zero-order valence-corrected chi connectivity index (χ0v) is 11.9. The molecule has 1 aliphatic carbocycles. The first-order valence-corrected chi connectivity index (χ1v) is 7.77. The summed E-state index contributed by atoms with van der Waals surface area (Å²) >= 11 is 1.90. The van der Waals surface area contributed by atoms with E-state index in [-0.39, 0.29) is 10.4 Å². The molecular weight excluding hydrogens is 262 g/mol. The van der Waals surface area contributed by atoms with Gasteiger partial charge in [0.05, 0.1) is 11.0 Å². The van der Waals surface area contributed by atoms with Crippen LogP contribution < -0.4 is 5.32 Å². The quantitative estimate of drug-likeness (QED) is 0.661. The molecule has 1 aliphatic rings. The van der Waals surface area contributed by atoms with Gasteiger partial charge in [-0.25, -0.2) is 4.98 Å². The Morgan fingerprint density at radius 2 is 2.21 bits per heavy atom. The van der Waals surface area contributed by atoms with Crippen LogP contribution in [0.5, 0.6) is 0 Å². The molecule has 1 heterocycles. The summed E-state index contributed by atoms with van der Waals surface area (Å²) in [5.74, 6) is 0.591. The van der Waals surface area contributed by atoms with Crippen LogP contribution in [0, 0.1) is 10.1 Å². The largest absolute Gasteiger partial charge is 0.368 e. The molecule has 1 N–H and O–H groups in total. The van der Waals surface area contributed by atoms with Crippen LogP contribution in [0.3, 0.4) is 0 Å². The normalized spacial score (nSPS) is 17.9. The van der Waals surface area contributed by atoms with Gasteiger partial charge in [-0.3, -0.25) is 10.1 Å². The average Bonchev–Trinajstić information content (AvgIpc) is 2.46. The molecule has 0 unspecified atom stereocenters. The van der Waals surface area contributed by atoms with Gasteiger partial charge >= 0.3 is 0 Å². The van der Waals surface area contributed by atoms with Crippen molar-refractivity contribution in [1.82, 2.24) is 4.98 Å². The highest BCUT2D eigenvalue weighted by molar-refractivity contribution is 8.00. The molecule has 0 aliphatic heterocycles. The molecule has 0 aromatic carbocycles. The monoisotopic (exact) mass is 281 g/mol. The molecule has 6 heteroatoms. The van der Waals surface area contributed by atoms with E-state index < -0.39 is 4.92 Å². The highest BCUT2D eigenvalue weighted by Gasteiger charge is 2.30. The van der Waals surface area contributed by atoms with Gasteiger partial charge in [0, 0.05) is 23.6 Å². The Morgan fingerprint density at radius 1 is 1.47 bits per heavy atom. The van der Waals surface area contributed by atoms with Crippen molar-refractivity contribution in [2.24, 2.45) is 0 Å². The summed E-state index contributed by atoms with van der Waals surface area (Å²) in [6.45, 7) is 0.822. The van der Waals surface area contributed by atoms with Crippen LogP contribution in [-0.2, 0) is 0 Å². The van der Waals surface area contributed by atoms with Crippen molar-refractivity contribution in [2.45, 2.75) is 36.9 Å². The van der Waals surface area contributed by atoms with E-state index in [1.807, 2.05) is 11.8 Å². The highest BCUT2D eigenvalue weighted by Crippen LogP contribution is 2.38. The maximum Gasteiger partial charge on any atom is 0.274 e. The lowest BCUT2D eigenvalue weighted by Gasteiger charge is -2.36. The minimum Gasteiger partial charge on any atom is -0.368 e. The average molecular weight is 281 g/mol. The zero-order valence-electron chi connectivity index (χ0n) is 11.1. The standard InChI is InChI=1S/C13H19N3O2S/c1-19-13(6-3-2-4-7-13)10-15-12-9-11(16(17)18)5-8-14-12/h5,8-9H,2-4,6-7,10H2,1H3,(H,14,15). The fraction of sp³-hybridized carbons (Fsp3) is 0.615. The number of pyridine rings is 1. The summed E-state index contributed by atoms with van der Waals surface area (Å²) in [5, 5.41) is 14.0. The van der Waals surface area contributed by atoms with Crippen LogP contribution in [0.2, 0.25) is 0 Å². The van der Waals surface area contributed by atoms with Crippen molar-refractivity contribution in [2.75, 3.05) is 18.1 Å². The number of aromatic nitrogens is 1. The van der Waals surface area contributed by atoms with E-state index in [1.165, 1.54) is 50.4 Å². The third-order valence-corrected chi connectivity index (χ3v) is 5.16. The molecule has 1 saturated carbocycles. The van der Waals surface area contributed by atoms with Gasteiger partial charge in [-0.05, 0) is 19.1 Å². The van der Waals surface area contributed by atoms with Gasteiger partial charge in [-0.2, -0.15) is 11.8 Å². The van der Waals surface area contributed by atoms with Crippen LogP contribution in [0.4, 0.5) is 11.5 Å². The van der Waals surface area contributed by atoms with E-state index in [0.29, 0.717) is 5.82 Å². The first kappa shape index (κ1) is 14.1. The van der Waals surface area contributed by atoms with Crippen LogP contribution >= 0.6 is 11.8 Å². The molecule has 0 saturated heterocycles. The van der Waals surface area contributed by atoms with Crippen molar-refractivity contribution >= 4 is 23.3 Å². The SMILES string of the molecule is CSC1(CNc2cc([N+](=O)[O-])ccn2)CCCCC1. The summed E-state index contributed by atoms with van der Waals surface area (Å²) in [5.41, 5.74) is 0.0827. The lowest BCUT2D eigenvalue weighted by molar-refractivity contribution is -0.384. The minimum atomic E-state index is -0.391. The highest BCUT2D eigenvalue weighted by atomic mass is 32.2. The van der Waals surface area contributed by atoms with E-state index in [4.69, 9.17) is 0 Å². The summed E-state index contributed by atoms with van der Waals surface area (Å²) in [6.07, 6.45) is 9.89. The van der Waals surface area contributed by atoms with Crippen molar-refractivity contribution < 1.29 is 4.92 Å². The molecule has 0 radical (unpaired) electrons. The van der Waals surface area contributed by atoms with Crippen molar-refractivity contribution in [3.8, 4) is 0 Å². The number of rotatable bonds is 5. The molecule has 0 spiro atoms. The Morgan fingerprint density at radius 3 is 2.84 bits per heavy atom. The molecule has 1 aromatic rings. The molecular formula is C13H19N3O2S. The molecule has 1 fully saturated rings. The van der Waals surface area contributed by atoms with Gasteiger partial charge in [0.2, 0.25) is 0 Å². The maximum absolute atomic E-state index is 10.7. The third kappa shape index (κ3) is 3.59. The predicted molar refractivity (Wildman–Crippen MR) is 78.7 cm³/mol. The van der Waals surface area contributed by atoms with Crippen molar-refractivity contribution in [3.63, 3.8) is 0 Å². The molecule has 0 atom stereocenters. The van der Waals surface area contributed by atoms with Gasteiger partial charge in [0.1, 0.15) is 5.82 Å². The van der Waals surface area contributed by atoms with Crippen molar-refractivity contribution in [3.05, 3.63) is 28.4 Å². The number of nitrogens with zero attached hydrogens (tertiary/aromatic N) is 2. The first-order chi connectivity index (χ1) is 9.15. The minimum absolute atomic E-state index is 0.0827. The third-order valence-electron chi connectivity index (χ3n) is 3.74. The Hall–Kier alpha value is -1.30. The van der Waals surface area contributed by atoms with Crippen LogP contribution in [0.25, 0.3) is 0 Å². The van der Waals surface area contributed by atoms with E-state index in [0.717, 1.165) is 6.54 Å². The van der Waals surface area contributed by atoms with Gasteiger partial charge in [-0.1, -0.05) is 19.3 Å². The molecule has 0 amide bonds. The van der Waals surface area contributed by atoms with E-state index in [2.05, 4.69) is 16.6 Å². The van der Waals surface area contributed by atoms with Crippen LogP contribution in [0.15, 0.2) is 18.3 Å². The van der Waals surface area contributed by atoms with Crippen LogP contribution in [0.1, 0.15) is 32.1 Å². The molecule has 0 bridgehead atoms. The number of nitrogens with one attached hydrogen (secondary N) is 1. The second kappa shape index (κ2) is 6.23. The topological polar surface area (TPSA) is 68.1 Å². The predicted octanol–water partition coefficient (Wildman–Crippen LogP) is 3.47. The van der Waals surface area contributed by atoms with Gasteiger partial charge < -0.3 is 5.32 Å². The van der Waals surface area contributed by atoms with Crippen molar-refractivity contribution in [1.29, 1.82) is 0 Å². The Balaban J connectivity index is 2.00. The van der Waals surface area contributed by atoms with E-state index in [1.54, 1.807) is 0 Å². The molecule has 1 aromatic heterocycles. The summed E-state index contributed by atoms with van der Waals surface area (Å²) in [7, 11) is 0. The smallest absolute Gasteiger partial charge is 0.274 e. The Labute approximate surface area is 117 Å². The van der Waals surface area contributed by atoms with Gasteiger partial charge in [0.25, 0.3) is 5.69 Å². The fourth-order valence-corrected chi connectivity index (χ4v) is 3.44. The zero-order chi connectivity index (χ0) is 13.7.